The molecule has 7 heteroatoms. The summed E-state index contributed by atoms with van der Waals surface area (Å²) in [5, 5.41) is 1.35. The van der Waals surface area contributed by atoms with Crippen LogP contribution in [0.2, 0.25) is 0 Å². The minimum atomic E-state index is -0.227. The van der Waals surface area contributed by atoms with Crippen LogP contribution in [0.25, 0.3) is 0 Å². The third-order valence-corrected chi connectivity index (χ3v) is 13.5. The molecule has 0 fully saturated rings. The first kappa shape index (κ1) is 15.7. The smallest absolute Gasteiger partial charge is 0.227 e. The third kappa shape index (κ3) is 3.71. The first-order valence-corrected chi connectivity index (χ1v) is 13.0. The van der Waals surface area contributed by atoms with Crippen molar-refractivity contribution in [3.8, 4) is 0 Å². The summed E-state index contributed by atoms with van der Waals surface area (Å²) in [5.41, 5.74) is 2.48. The average Bonchev–Trinajstić information content (AvgIpc) is 2.43. The fourth-order valence-corrected chi connectivity index (χ4v) is 5.99. The van der Waals surface area contributed by atoms with Crippen LogP contribution in [0.15, 0.2) is 12.4 Å². The van der Waals surface area contributed by atoms with Crippen LogP contribution in [0.4, 0.5) is 0 Å². The van der Waals surface area contributed by atoms with Crippen molar-refractivity contribution in [3.05, 3.63) is 23.5 Å². The number of amides is 1. The molecule has 0 aromatic carbocycles. The molecule has 0 saturated carbocycles. The van der Waals surface area contributed by atoms with E-state index in [1.54, 1.807) is 0 Å². The van der Waals surface area contributed by atoms with E-state index in [1.807, 2.05) is 17.3 Å². The van der Waals surface area contributed by atoms with Crippen LogP contribution in [0, 0.1) is 0 Å². The van der Waals surface area contributed by atoms with Crippen LogP contribution in [0.5, 0.6) is 0 Å². The van der Waals surface area contributed by atoms with Gasteiger partial charge in [-0.1, -0.05) is 21.3 Å². The number of carbonyl (C=O) groups is 1. The number of pyridine rings is 1. The molecule has 4 unspecified atom stereocenters. The Hall–Kier alpha value is 0.340. The fraction of sp³-hybridized carbons (Fsp3) is 0.500. The largest absolute Gasteiger partial charge is 0.338 e. The van der Waals surface area contributed by atoms with Gasteiger partial charge in [0.1, 0.15) is 0 Å². The Labute approximate surface area is 122 Å². The molecule has 1 amide bonds. The molecular weight excluding hydrogens is 312 g/mol. The molecule has 0 aliphatic carbocycles. The van der Waals surface area contributed by atoms with Crippen LogP contribution in [-0.4, -0.2) is 22.3 Å². The van der Waals surface area contributed by atoms with Crippen LogP contribution in [-0.2, 0) is 17.8 Å². The minimum Gasteiger partial charge on any atom is -0.338 e. The molecule has 0 N–H and O–H groups in total. The molecule has 1 aliphatic rings. The van der Waals surface area contributed by atoms with Crippen LogP contribution in [0.1, 0.15) is 30.9 Å². The molecule has 0 radical (unpaired) electrons. The summed E-state index contributed by atoms with van der Waals surface area (Å²) in [7, 11) is 6.37. The van der Waals surface area contributed by atoms with E-state index in [0.717, 1.165) is 39.5 Å². The Balaban J connectivity index is 2.27. The van der Waals surface area contributed by atoms with Crippen LogP contribution in [0.3, 0.4) is 0 Å². The number of unbranched alkanes of at least 4 members (excludes halogenated alkanes) is 1. The highest BCUT2D eigenvalue weighted by atomic mass is 32.6. The van der Waals surface area contributed by atoms with Crippen molar-refractivity contribution in [3.63, 3.8) is 0 Å². The molecule has 1 aliphatic heterocycles. The number of carbonyl (C=O) groups excluding carboxylic acids is 1. The maximum atomic E-state index is 12.1. The summed E-state index contributed by atoms with van der Waals surface area (Å²) < 4.78 is 0. The van der Waals surface area contributed by atoms with Gasteiger partial charge in [0.25, 0.3) is 0 Å². The first-order valence-electron chi connectivity index (χ1n) is 6.42. The predicted octanol–water partition coefficient (Wildman–Crippen LogP) is 3.05. The zero-order chi connectivity index (χ0) is 13.8. The van der Waals surface area contributed by atoms with Crippen molar-refractivity contribution >= 4 is 44.3 Å². The lowest BCUT2D eigenvalue weighted by molar-refractivity contribution is -0.132. The van der Waals surface area contributed by atoms with Gasteiger partial charge >= 0.3 is 0 Å². The molecule has 3 nitrogen and oxygen atoms in total. The fourth-order valence-electron chi connectivity index (χ4n) is 2.24. The quantitative estimate of drug-likeness (QED) is 0.777. The highest BCUT2D eigenvalue weighted by molar-refractivity contribution is 8.63. The van der Waals surface area contributed by atoms with E-state index < -0.39 is 0 Å². The molecule has 2 rings (SSSR count). The topological polar surface area (TPSA) is 33.2 Å². The third-order valence-electron chi connectivity index (χ3n) is 3.35. The van der Waals surface area contributed by atoms with Crippen molar-refractivity contribution in [1.82, 2.24) is 9.88 Å². The normalized spacial score (nSPS) is 17.0. The lowest BCUT2D eigenvalue weighted by atomic mass is 10.0. The van der Waals surface area contributed by atoms with Gasteiger partial charge in [-0.15, -0.1) is 17.9 Å². The molecule has 1 aromatic rings. The summed E-state index contributed by atoms with van der Waals surface area (Å²) in [5.74, 6) is 0.251. The summed E-state index contributed by atoms with van der Waals surface area (Å²) in [6.07, 6.45) is 6.59. The molecule has 4 atom stereocenters. The highest BCUT2D eigenvalue weighted by Gasteiger charge is 2.25. The lowest BCUT2D eigenvalue weighted by Crippen LogP contribution is -2.38. The van der Waals surface area contributed by atoms with E-state index >= 15 is 0 Å². The average molecular weight is 332 g/mol. The Morgan fingerprint density at radius 2 is 2.32 bits per heavy atom. The van der Waals surface area contributed by atoms with Gasteiger partial charge in [-0.25, -0.2) is 0 Å². The second-order valence-corrected chi connectivity index (χ2v) is 13.8. The molecule has 104 valence electrons. The van der Waals surface area contributed by atoms with E-state index in [-0.39, 0.29) is 13.2 Å². The Morgan fingerprint density at radius 3 is 3.00 bits per heavy atom. The molecule has 2 heterocycles. The molecule has 0 spiro atoms. The predicted molar refractivity (Wildman–Crippen MR) is 92.6 cm³/mol. The molecule has 0 bridgehead atoms. The van der Waals surface area contributed by atoms with Gasteiger partial charge in [0.05, 0.1) is 6.42 Å². The van der Waals surface area contributed by atoms with Crippen LogP contribution >= 0.6 is 33.1 Å². The van der Waals surface area contributed by atoms with E-state index in [1.165, 1.54) is 10.9 Å². The van der Waals surface area contributed by atoms with E-state index in [9.17, 15) is 4.79 Å². The first-order chi connectivity index (χ1) is 9.17. The number of nitrogens with zero attached hydrogens (tertiary/aromatic N) is 2. The van der Waals surface area contributed by atoms with Crippen molar-refractivity contribution in [2.24, 2.45) is 0 Å². The van der Waals surface area contributed by atoms with Gasteiger partial charge in [-0.3, -0.25) is 9.78 Å². The summed E-state index contributed by atoms with van der Waals surface area (Å²) >= 11 is 0. The lowest BCUT2D eigenvalue weighted by Gasteiger charge is -2.30. The van der Waals surface area contributed by atoms with Gasteiger partial charge < -0.3 is 4.90 Å². The summed E-state index contributed by atoms with van der Waals surface area (Å²) in [6, 6.07) is 0. The van der Waals surface area contributed by atoms with Gasteiger partial charge in [0, 0.05) is 30.8 Å². The maximum absolute atomic E-state index is 12.1. The number of hydrogen-bond acceptors (Lipinski definition) is 2. The zero-order valence-corrected chi connectivity index (χ0v) is 15.3. The number of rotatable bonds is 5. The Kier molecular flexibility index (Phi) is 6.11. The Morgan fingerprint density at radius 1 is 1.53 bits per heavy atom. The maximum Gasteiger partial charge on any atom is 0.227 e. The van der Waals surface area contributed by atoms with E-state index in [2.05, 4.69) is 29.8 Å². The van der Waals surface area contributed by atoms with Gasteiger partial charge in [-0.2, -0.15) is 0 Å². The second kappa shape index (κ2) is 7.38. The van der Waals surface area contributed by atoms with Crippen molar-refractivity contribution in [2.75, 3.05) is 6.54 Å². The van der Waals surface area contributed by atoms with Gasteiger partial charge in [-0.05, 0) is 24.8 Å². The monoisotopic (exact) mass is 332 g/mol. The highest BCUT2D eigenvalue weighted by Crippen LogP contribution is 2.65. The van der Waals surface area contributed by atoms with Crippen molar-refractivity contribution < 1.29 is 4.79 Å². The summed E-state index contributed by atoms with van der Waals surface area (Å²) in [6.45, 7) is 3.82. The van der Waals surface area contributed by atoms with Crippen LogP contribution < -0.4 is 5.30 Å². The van der Waals surface area contributed by atoms with Gasteiger partial charge in [0.2, 0.25) is 5.91 Å². The van der Waals surface area contributed by atoms with Gasteiger partial charge in [0.15, 0.2) is 0 Å². The summed E-state index contributed by atoms with van der Waals surface area (Å²) in [4.78, 5) is 18.4. The van der Waals surface area contributed by atoms with Crippen molar-refractivity contribution in [2.45, 2.75) is 32.7 Å². The standard InChI is InChI=1S/C12H20N2OP4/c1-2-3-4-14-8-10-9(5-12(14)15)6-13-7-11(10)19(17)18-16/h6-7,18H,2-5,8,16-17H2,1H3. The van der Waals surface area contributed by atoms with E-state index in [4.69, 9.17) is 0 Å². The molecule has 0 saturated heterocycles. The molecule has 1 aromatic heterocycles. The van der Waals surface area contributed by atoms with Crippen molar-refractivity contribution in [1.29, 1.82) is 0 Å². The zero-order valence-electron chi connectivity index (χ0n) is 11.1. The second-order valence-electron chi connectivity index (χ2n) is 4.64. The van der Waals surface area contributed by atoms with E-state index in [0.29, 0.717) is 6.42 Å². The Bertz CT molecular complexity index is 469. The SMILES string of the molecule is CCCCN1Cc2c(cncc2P(P)PP)CC1=O. The molecular formula is C12H20N2OP4. The number of aromatic nitrogens is 1. The number of hydrogen-bond donors (Lipinski definition) is 0. The number of fused-ring (bicyclic) bond motifs is 1. The minimum absolute atomic E-state index is 0.227. The molecule has 19 heavy (non-hydrogen) atoms.